The summed E-state index contributed by atoms with van der Waals surface area (Å²) in [7, 11) is 0. The molecular formula is C27H29MnN4O6S4. The minimum atomic E-state index is -0.512. The molecule has 0 saturated carbocycles. The van der Waals surface area contributed by atoms with Crippen molar-refractivity contribution in [3.05, 3.63) is 71.5 Å². The van der Waals surface area contributed by atoms with Gasteiger partial charge >= 0.3 is 17.1 Å². The number of para-hydroxylation sites is 2. The summed E-state index contributed by atoms with van der Waals surface area (Å²) in [5.41, 5.74) is 0.366. The first-order valence-electron chi connectivity index (χ1n) is 12.3. The van der Waals surface area contributed by atoms with Gasteiger partial charge in [0.1, 0.15) is 11.5 Å². The van der Waals surface area contributed by atoms with E-state index in [2.05, 4.69) is 20.4 Å². The van der Waals surface area contributed by atoms with Crippen LogP contribution in [0.15, 0.2) is 80.8 Å². The summed E-state index contributed by atoms with van der Waals surface area (Å²) in [6.45, 7) is 2.70. The van der Waals surface area contributed by atoms with Crippen LogP contribution >= 0.6 is 47.0 Å². The van der Waals surface area contributed by atoms with E-state index in [-0.39, 0.29) is 51.2 Å². The molecule has 2 aromatic carbocycles. The van der Waals surface area contributed by atoms with E-state index in [0.717, 1.165) is 50.7 Å². The van der Waals surface area contributed by atoms with E-state index in [9.17, 15) is 30.3 Å². The number of nitrogens with zero attached hydrogens (tertiary/aromatic N) is 4. The Labute approximate surface area is 272 Å². The largest absolute Gasteiger partial charge is 3.00 e. The van der Waals surface area contributed by atoms with Crippen LogP contribution in [0.5, 0.6) is 11.5 Å². The van der Waals surface area contributed by atoms with Gasteiger partial charge in [-0.3, -0.25) is 4.79 Å². The summed E-state index contributed by atoms with van der Waals surface area (Å²) < 4.78 is 1.64. The van der Waals surface area contributed by atoms with E-state index in [4.69, 9.17) is 0 Å². The van der Waals surface area contributed by atoms with Gasteiger partial charge in [-0.1, -0.05) is 90.4 Å². The van der Waals surface area contributed by atoms with Gasteiger partial charge < -0.3 is 25.5 Å². The minimum absolute atomic E-state index is 0. The summed E-state index contributed by atoms with van der Waals surface area (Å²) in [6.07, 6.45) is 3.36. The molecule has 0 unspecified atom stereocenters. The molecule has 2 fully saturated rings. The predicted octanol–water partition coefficient (Wildman–Crippen LogP) is 3.12. The molecule has 0 amide bonds. The number of aromatic hydroxyl groups is 2. The van der Waals surface area contributed by atoms with E-state index in [0.29, 0.717) is 0 Å². The topological polar surface area (TPSA) is 176 Å². The molecule has 0 radical (unpaired) electrons. The number of ketones is 1. The number of allylic oxidation sites excluding steroid dienone is 2. The summed E-state index contributed by atoms with van der Waals surface area (Å²) in [4.78, 5) is 9.98. The van der Waals surface area contributed by atoms with Gasteiger partial charge in [-0.15, -0.1) is 16.0 Å². The average Bonchev–Trinajstić information content (AvgIpc) is 2.96. The number of rotatable bonds is 5. The number of benzene rings is 2. The molecular weight excluding hydrogens is 660 g/mol. The van der Waals surface area contributed by atoms with E-state index < -0.39 is 11.8 Å². The third-order valence-corrected chi connectivity index (χ3v) is 9.30. The van der Waals surface area contributed by atoms with Crippen molar-refractivity contribution in [3.63, 3.8) is 0 Å². The van der Waals surface area contributed by atoms with Gasteiger partial charge in [-0.05, 0) is 38.0 Å². The number of hydrogen-bond donors (Lipinski definition) is 2. The van der Waals surface area contributed by atoms with Gasteiger partial charge in [-0.25, -0.2) is 0 Å². The van der Waals surface area contributed by atoms with Crippen molar-refractivity contribution in [3.8, 4) is 11.5 Å². The number of hydrogen-bond acceptors (Lipinski definition) is 14. The van der Waals surface area contributed by atoms with E-state index in [1.807, 2.05) is 0 Å². The molecule has 224 valence electrons. The van der Waals surface area contributed by atoms with Crippen LogP contribution in [-0.2, 0) is 21.9 Å². The normalized spacial score (nSPS) is 15.6. The van der Waals surface area contributed by atoms with Crippen molar-refractivity contribution in [1.29, 1.82) is 0 Å². The van der Waals surface area contributed by atoms with Crippen LogP contribution in [0.3, 0.4) is 0 Å². The van der Waals surface area contributed by atoms with Crippen LogP contribution in [0.2, 0.25) is 0 Å². The Morgan fingerprint density at radius 3 is 1.36 bits per heavy atom. The van der Waals surface area contributed by atoms with Crippen LogP contribution in [0.25, 0.3) is 0 Å². The second kappa shape index (κ2) is 21.2. The average molecular weight is 689 g/mol. The van der Waals surface area contributed by atoms with E-state index in [1.54, 1.807) is 71.3 Å². The van der Waals surface area contributed by atoms with Crippen LogP contribution in [0.1, 0.15) is 37.8 Å². The molecule has 0 bridgehead atoms. The Hall–Kier alpha value is -2.55. The maximum Gasteiger partial charge on any atom is 3.00 e. The first-order chi connectivity index (χ1) is 19.7. The Morgan fingerprint density at radius 2 is 1.07 bits per heavy atom. The van der Waals surface area contributed by atoms with Gasteiger partial charge in [-0.2, -0.15) is 10.2 Å². The molecule has 4 rings (SSSR count). The summed E-state index contributed by atoms with van der Waals surface area (Å²) in [6, 6.07) is 12.7. The molecule has 2 N–H and O–H groups in total. The van der Waals surface area contributed by atoms with E-state index in [1.165, 1.54) is 38.1 Å². The van der Waals surface area contributed by atoms with Crippen LogP contribution in [0, 0.1) is 0 Å². The fourth-order valence-electron chi connectivity index (χ4n) is 2.83. The van der Waals surface area contributed by atoms with Crippen molar-refractivity contribution >= 4 is 73.4 Å². The predicted molar refractivity (Wildman–Crippen MR) is 168 cm³/mol. The molecule has 10 nitrogen and oxygen atoms in total. The number of carbonyl (C=O) groups is 1. The third kappa shape index (κ3) is 15.1. The van der Waals surface area contributed by atoms with Crippen LogP contribution < -0.4 is 15.3 Å². The zero-order valence-electron chi connectivity index (χ0n) is 22.8. The fraction of sp³-hybridized carbons (Fsp3) is 0.296. The van der Waals surface area contributed by atoms with Crippen molar-refractivity contribution in [2.75, 3.05) is 23.0 Å². The first kappa shape index (κ1) is 37.5. The molecule has 2 aliphatic heterocycles. The van der Waals surface area contributed by atoms with E-state index >= 15 is 0 Å². The Balaban J connectivity index is 0.000000338. The Morgan fingerprint density at radius 1 is 0.714 bits per heavy atom. The molecule has 2 aliphatic rings. The molecule has 15 heteroatoms. The number of carbonyl (C=O) groups excluding carboxylic acids is 1. The van der Waals surface area contributed by atoms with Crippen molar-refractivity contribution in [2.45, 2.75) is 26.7 Å². The quantitative estimate of drug-likeness (QED) is 0.119. The molecule has 0 aromatic heterocycles. The van der Waals surface area contributed by atoms with Gasteiger partial charge in [0.2, 0.25) is 0 Å². The summed E-state index contributed by atoms with van der Waals surface area (Å²) >= 11 is 6.44. The Kier molecular flexibility index (Phi) is 18.9. The maximum absolute atomic E-state index is 11.7. The van der Waals surface area contributed by atoms with Crippen LogP contribution in [0.4, 0.5) is 0 Å². The second-order valence-corrected chi connectivity index (χ2v) is 12.9. The molecule has 0 atom stereocenters. The maximum atomic E-state index is 11.7. The van der Waals surface area contributed by atoms with Crippen LogP contribution in [-0.4, -0.2) is 59.6 Å². The molecule has 0 aliphatic carbocycles. The third-order valence-electron chi connectivity index (χ3n) is 4.60. The van der Waals surface area contributed by atoms with Gasteiger partial charge in [0, 0.05) is 45.9 Å². The Bertz CT molecular complexity index is 1220. The van der Waals surface area contributed by atoms with Crippen molar-refractivity contribution in [1.82, 2.24) is 0 Å². The number of phenolic OH excluding ortho intramolecular Hbond substituents is 2. The first-order valence-corrected chi connectivity index (χ1v) is 16.2. The summed E-state index contributed by atoms with van der Waals surface area (Å²) in [5, 5.41) is 67.3. The zero-order chi connectivity index (χ0) is 30.0. The SMILES string of the molecule is CC(=O)/C=C(/C)[O-].[Mn+3].[O-]/C(=N\N=C1SCCCS1)c1ccccc1O.[O-]/C(=N\N=C1SCCCS1)c1ccccc1O. The molecule has 2 saturated heterocycles. The van der Waals surface area contributed by atoms with Crippen molar-refractivity contribution < 1.29 is 47.4 Å². The molecule has 0 spiro atoms. The zero-order valence-corrected chi connectivity index (χ0v) is 27.2. The second-order valence-electron chi connectivity index (χ2n) is 8.04. The van der Waals surface area contributed by atoms with Gasteiger partial charge in [0.15, 0.2) is 14.5 Å². The van der Waals surface area contributed by atoms with Gasteiger partial charge in [0.05, 0.1) is 0 Å². The monoisotopic (exact) mass is 688 g/mol. The smallest absolute Gasteiger partial charge is 0.876 e. The van der Waals surface area contributed by atoms with Crippen molar-refractivity contribution in [2.24, 2.45) is 20.4 Å². The minimum Gasteiger partial charge on any atom is -0.876 e. The number of phenols is 2. The summed E-state index contributed by atoms with van der Waals surface area (Å²) in [5.74, 6) is 2.55. The number of thioether (sulfide) groups is 4. The molecule has 2 heterocycles. The van der Waals surface area contributed by atoms with Gasteiger partial charge in [0.25, 0.3) is 0 Å². The standard InChI is InChI=1S/2C11H12N2O2S2.C5H8O2.Mn/c2*14-9-5-2-1-4-8(9)10(15)12-13-11-16-6-3-7-17-11;1-4(6)3-5(2)7;/h2*1-2,4-5,14H,3,6-7H2,(H,12,15);3,6H,1-2H3;/q;;;+3/p-3/b;;4-3-;. The fourth-order valence-corrected chi connectivity index (χ4v) is 7.11. The molecule has 2 aromatic rings. The molecule has 42 heavy (non-hydrogen) atoms.